The Morgan fingerprint density at radius 3 is 2.60 bits per heavy atom. The van der Waals surface area contributed by atoms with Crippen molar-refractivity contribution in [2.75, 3.05) is 4.72 Å². The molecule has 0 aliphatic carbocycles. The smallest absolute Gasteiger partial charge is 0.263 e. The molecule has 1 aromatic heterocycles. The first-order chi connectivity index (χ1) is 9.33. The first-order valence-electron chi connectivity index (χ1n) is 5.92. The Morgan fingerprint density at radius 1 is 1.30 bits per heavy atom. The van der Waals surface area contributed by atoms with Crippen LogP contribution in [0.5, 0.6) is 0 Å². The van der Waals surface area contributed by atoms with Crippen LogP contribution < -0.4 is 10.5 Å². The number of sulfonamides is 1. The summed E-state index contributed by atoms with van der Waals surface area (Å²) < 4.78 is 40.5. The van der Waals surface area contributed by atoms with Crippen LogP contribution in [0.25, 0.3) is 0 Å². The van der Waals surface area contributed by atoms with Crippen molar-refractivity contribution in [1.82, 2.24) is 0 Å². The Hall–Kier alpha value is -1.44. The minimum Gasteiger partial charge on any atom is -0.326 e. The molecule has 0 saturated heterocycles. The van der Waals surface area contributed by atoms with E-state index in [0.717, 1.165) is 10.4 Å². The largest absolute Gasteiger partial charge is 0.326 e. The van der Waals surface area contributed by atoms with Crippen molar-refractivity contribution < 1.29 is 12.8 Å². The fourth-order valence-corrected chi connectivity index (χ4v) is 4.38. The predicted octanol–water partition coefficient (Wildman–Crippen LogP) is 2.76. The van der Waals surface area contributed by atoms with E-state index >= 15 is 0 Å². The van der Waals surface area contributed by atoms with E-state index in [-0.39, 0.29) is 17.1 Å². The number of aryl methyl sites for hydroxylation is 2. The van der Waals surface area contributed by atoms with E-state index < -0.39 is 15.8 Å². The van der Waals surface area contributed by atoms with Crippen LogP contribution in [0.2, 0.25) is 0 Å². The second kappa shape index (κ2) is 5.51. The first kappa shape index (κ1) is 15.0. The van der Waals surface area contributed by atoms with Crippen molar-refractivity contribution >= 4 is 27.0 Å². The zero-order valence-corrected chi connectivity index (χ0v) is 12.7. The Kier molecular flexibility index (Phi) is 4.12. The van der Waals surface area contributed by atoms with Crippen LogP contribution in [0, 0.1) is 19.7 Å². The Labute approximate surface area is 121 Å². The fraction of sp³-hybridized carbons (Fsp3) is 0.231. The zero-order chi connectivity index (χ0) is 14.9. The van der Waals surface area contributed by atoms with Gasteiger partial charge in [0.15, 0.2) is 0 Å². The van der Waals surface area contributed by atoms with Crippen molar-refractivity contribution in [3.05, 3.63) is 45.4 Å². The van der Waals surface area contributed by atoms with Gasteiger partial charge in [-0.3, -0.25) is 4.72 Å². The van der Waals surface area contributed by atoms with Gasteiger partial charge >= 0.3 is 0 Å². The van der Waals surface area contributed by atoms with Crippen LogP contribution in [0.4, 0.5) is 10.1 Å². The molecule has 0 saturated carbocycles. The normalized spacial score (nSPS) is 11.6. The Balaban J connectivity index is 2.40. The van der Waals surface area contributed by atoms with Gasteiger partial charge in [-0.1, -0.05) is 6.07 Å². The maximum atomic E-state index is 13.6. The number of anilines is 1. The molecule has 0 aliphatic heterocycles. The molecule has 0 radical (unpaired) electrons. The third-order valence-electron chi connectivity index (χ3n) is 2.78. The number of halogens is 1. The number of hydrogen-bond donors (Lipinski definition) is 2. The average molecular weight is 314 g/mol. The molecule has 0 spiro atoms. The standard InChI is InChI=1S/C13H15FN2O2S2/c1-8-3-4-11(14)12(5-8)16-20(17,18)13-6-10(7-15)19-9(13)2/h3-6,16H,7,15H2,1-2H3. The van der Waals surface area contributed by atoms with Crippen LogP contribution in [0.1, 0.15) is 15.3 Å². The highest BCUT2D eigenvalue weighted by atomic mass is 32.2. The quantitative estimate of drug-likeness (QED) is 0.911. The second-order valence-corrected chi connectivity index (χ2v) is 7.42. The van der Waals surface area contributed by atoms with Gasteiger partial charge in [0.25, 0.3) is 10.0 Å². The molecule has 2 rings (SSSR count). The molecule has 1 aromatic carbocycles. The molecular weight excluding hydrogens is 299 g/mol. The first-order valence-corrected chi connectivity index (χ1v) is 8.22. The molecule has 0 amide bonds. The second-order valence-electron chi connectivity index (χ2n) is 4.43. The Bertz CT molecular complexity index is 739. The number of nitrogens with two attached hydrogens (primary N) is 1. The lowest BCUT2D eigenvalue weighted by molar-refractivity contribution is 0.598. The summed E-state index contributed by atoms with van der Waals surface area (Å²) in [7, 11) is -3.81. The van der Waals surface area contributed by atoms with E-state index in [4.69, 9.17) is 5.73 Å². The van der Waals surface area contributed by atoms with Crippen LogP contribution in [0.15, 0.2) is 29.2 Å². The molecule has 3 N–H and O–H groups in total. The van der Waals surface area contributed by atoms with Gasteiger partial charge in [0.05, 0.1) is 5.69 Å². The molecule has 4 nitrogen and oxygen atoms in total. The van der Waals surface area contributed by atoms with Gasteiger partial charge in [-0.05, 0) is 37.6 Å². The van der Waals surface area contributed by atoms with Crippen molar-refractivity contribution in [1.29, 1.82) is 0 Å². The van der Waals surface area contributed by atoms with Gasteiger partial charge in [0, 0.05) is 16.3 Å². The molecule has 0 aliphatic rings. The van der Waals surface area contributed by atoms with Crippen LogP contribution in [0.3, 0.4) is 0 Å². The molecule has 0 bridgehead atoms. The predicted molar refractivity (Wildman–Crippen MR) is 78.9 cm³/mol. The van der Waals surface area contributed by atoms with Crippen LogP contribution >= 0.6 is 11.3 Å². The van der Waals surface area contributed by atoms with Crippen molar-refractivity contribution in [2.24, 2.45) is 5.73 Å². The maximum Gasteiger partial charge on any atom is 0.263 e. The minimum absolute atomic E-state index is 0.0510. The van der Waals surface area contributed by atoms with Crippen LogP contribution in [-0.2, 0) is 16.6 Å². The highest BCUT2D eigenvalue weighted by molar-refractivity contribution is 7.93. The summed E-state index contributed by atoms with van der Waals surface area (Å²) in [5.74, 6) is -0.605. The molecular formula is C13H15FN2O2S2. The van der Waals surface area contributed by atoms with E-state index in [1.807, 2.05) is 0 Å². The molecule has 2 aromatic rings. The van der Waals surface area contributed by atoms with E-state index in [9.17, 15) is 12.8 Å². The van der Waals surface area contributed by atoms with Gasteiger partial charge in [-0.15, -0.1) is 11.3 Å². The van der Waals surface area contributed by atoms with Gasteiger partial charge in [0.2, 0.25) is 0 Å². The SMILES string of the molecule is Cc1ccc(F)c(NS(=O)(=O)c2cc(CN)sc2C)c1. The van der Waals surface area contributed by atoms with Crippen molar-refractivity contribution in [2.45, 2.75) is 25.3 Å². The van der Waals surface area contributed by atoms with Gasteiger partial charge in [-0.25, -0.2) is 12.8 Å². The van der Waals surface area contributed by atoms with Gasteiger partial charge < -0.3 is 5.73 Å². The minimum atomic E-state index is -3.81. The molecule has 0 atom stereocenters. The van der Waals surface area contributed by atoms with E-state index in [1.54, 1.807) is 19.9 Å². The van der Waals surface area contributed by atoms with Gasteiger partial charge in [0.1, 0.15) is 10.7 Å². The lowest BCUT2D eigenvalue weighted by Crippen LogP contribution is -2.14. The molecule has 7 heteroatoms. The lowest BCUT2D eigenvalue weighted by atomic mass is 10.2. The lowest BCUT2D eigenvalue weighted by Gasteiger charge is -2.09. The van der Waals surface area contributed by atoms with E-state index in [0.29, 0.717) is 4.88 Å². The molecule has 0 unspecified atom stereocenters. The van der Waals surface area contributed by atoms with Gasteiger partial charge in [-0.2, -0.15) is 0 Å². The van der Waals surface area contributed by atoms with E-state index in [2.05, 4.69) is 4.72 Å². The summed E-state index contributed by atoms with van der Waals surface area (Å²) in [5.41, 5.74) is 6.23. The third-order valence-corrected chi connectivity index (χ3v) is 5.47. The summed E-state index contributed by atoms with van der Waals surface area (Å²) in [4.78, 5) is 1.54. The van der Waals surface area contributed by atoms with Crippen molar-refractivity contribution in [3.63, 3.8) is 0 Å². The molecule has 0 fully saturated rings. The average Bonchev–Trinajstić information content (AvgIpc) is 2.76. The maximum absolute atomic E-state index is 13.6. The number of benzene rings is 1. The van der Waals surface area contributed by atoms with E-state index in [1.165, 1.54) is 29.5 Å². The zero-order valence-electron chi connectivity index (χ0n) is 11.1. The molecule has 108 valence electrons. The number of rotatable bonds is 4. The molecule has 1 heterocycles. The summed E-state index contributed by atoms with van der Waals surface area (Å²) >= 11 is 1.32. The topological polar surface area (TPSA) is 72.2 Å². The highest BCUT2D eigenvalue weighted by Gasteiger charge is 2.21. The number of hydrogen-bond acceptors (Lipinski definition) is 4. The van der Waals surface area contributed by atoms with Crippen molar-refractivity contribution in [3.8, 4) is 0 Å². The summed E-state index contributed by atoms with van der Waals surface area (Å²) in [6, 6.07) is 5.79. The molecule has 20 heavy (non-hydrogen) atoms. The number of nitrogens with one attached hydrogen (secondary N) is 1. The van der Waals surface area contributed by atoms with Crippen LogP contribution in [-0.4, -0.2) is 8.42 Å². The summed E-state index contributed by atoms with van der Waals surface area (Å²) in [6.07, 6.45) is 0. The highest BCUT2D eigenvalue weighted by Crippen LogP contribution is 2.28. The summed E-state index contributed by atoms with van der Waals surface area (Å²) in [6.45, 7) is 3.74. The fourth-order valence-electron chi connectivity index (χ4n) is 1.81. The third kappa shape index (κ3) is 3.00. The Morgan fingerprint density at radius 2 is 2.00 bits per heavy atom. The summed E-state index contributed by atoms with van der Waals surface area (Å²) in [5, 5.41) is 0. The number of thiophene rings is 1. The monoisotopic (exact) mass is 314 g/mol.